The van der Waals surface area contributed by atoms with Gasteiger partial charge < -0.3 is 5.48 Å². The van der Waals surface area contributed by atoms with Gasteiger partial charge >= 0.3 is 0 Å². The topological polar surface area (TPSA) is 82.7 Å². The Morgan fingerprint density at radius 2 is 2.00 bits per heavy atom. The molecule has 0 saturated heterocycles. The molecule has 16 heavy (non-hydrogen) atoms. The molecule has 0 heterocycles. The molecule has 2 rings (SSSR count). The van der Waals surface area contributed by atoms with Crippen molar-refractivity contribution in [2.75, 3.05) is 5.75 Å². The Morgan fingerprint density at radius 3 is 2.31 bits per heavy atom. The van der Waals surface area contributed by atoms with E-state index in [1.54, 1.807) is 0 Å². The molecule has 1 unspecified atom stereocenters. The van der Waals surface area contributed by atoms with Crippen molar-refractivity contribution in [3.8, 4) is 0 Å². The summed E-state index contributed by atoms with van der Waals surface area (Å²) in [5.41, 5.74) is -0.926. The molecule has 0 aromatic heterocycles. The van der Waals surface area contributed by atoms with Gasteiger partial charge in [0.05, 0.1) is 5.75 Å². The van der Waals surface area contributed by atoms with Crippen LogP contribution in [0, 0.1) is 16.7 Å². The first-order valence-electron chi connectivity index (χ1n) is 5.15. The van der Waals surface area contributed by atoms with Crippen molar-refractivity contribution >= 4 is 25.5 Å². The summed E-state index contributed by atoms with van der Waals surface area (Å²) in [5, 5.41) is 0. The summed E-state index contributed by atoms with van der Waals surface area (Å²) in [6, 6.07) is 0. The van der Waals surface area contributed by atoms with Gasteiger partial charge in [0.1, 0.15) is 5.78 Å². The van der Waals surface area contributed by atoms with E-state index in [1.165, 1.54) is 0 Å². The van der Waals surface area contributed by atoms with E-state index in [0.717, 1.165) is 6.42 Å². The van der Waals surface area contributed by atoms with Gasteiger partial charge in [-0.2, -0.15) is 0 Å². The maximum Gasteiger partial charge on any atom is 0.233 e. The average Bonchev–Trinajstić information content (AvgIpc) is 2.34. The molecule has 0 aromatic rings. The fourth-order valence-corrected chi connectivity index (χ4v) is 5.23. The van der Waals surface area contributed by atoms with Crippen molar-refractivity contribution in [2.45, 2.75) is 33.1 Å². The molecule has 2 aliphatic rings. The summed E-state index contributed by atoms with van der Waals surface area (Å²) in [5.74, 6) is 0.237. The van der Waals surface area contributed by atoms with E-state index in [9.17, 15) is 13.2 Å². The molecule has 2 saturated carbocycles. The molecular formula is C10H17ClO4S. The zero-order valence-electron chi connectivity index (χ0n) is 9.42. The van der Waals surface area contributed by atoms with Gasteiger partial charge in [-0.1, -0.05) is 13.8 Å². The first-order valence-corrected chi connectivity index (χ1v) is 7.62. The summed E-state index contributed by atoms with van der Waals surface area (Å²) >= 11 is 0. The number of halogens is 1. The van der Waals surface area contributed by atoms with E-state index in [2.05, 4.69) is 0 Å². The van der Waals surface area contributed by atoms with Gasteiger partial charge in [-0.05, 0) is 24.2 Å². The predicted octanol–water partition coefficient (Wildman–Crippen LogP) is 1.13. The first-order chi connectivity index (χ1) is 6.69. The molecule has 2 atom stereocenters. The van der Waals surface area contributed by atoms with Gasteiger partial charge in [0.15, 0.2) is 0 Å². The molecule has 0 aliphatic heterocycles. The molecule has 94 valence electrons. The van der Waals surface area contributed by atoms with Crippen LogP contribution in [0.5, 0.6) is 0 Å². The molecule has 0 spiro atoms. The van der Waals surface area contributed by atoms with Gasteiger partial charge in [0.25, 0.3) is 0 Å². The van der Waals surface area contributed by atoms with Crippen molar-refractivity contribution in [1.29, 1.82) is 0 Å². The average molecular weight is 269 g/mol. The number of carbonyl (C=O) groups is 1. The molecule has 6 heteroatoms. The SMILES string of the molecule is CC1(C)C2CC[C@]1(CS(=O)(=O)Cl)C(=O)C2.O. The molecule has 0 aromatic carbocycles. The largest absolute Gasteiger partial charge is 0.412 e. The maximum absolute atomic E-state index is 11.9. The smallest absolute Gasteiger partial charge is 0.233 e. The Hall–Kier alpha value is -0.130. The fraction of sp³-hybridized carbons (Fsp3) is 0.900. The Morgan fingerprint density at radius 1 is 1.44 bits per heavy atom. The highest BCUT2D eigenvalue weighted by Gasteiger charge is 2.65. The lowest BCUT2D eigenvalue weighted by Crippen LogP contribution is -2.41. The lowest BCUT2D eigenvalue weighted by Gasteiger charge is -2.35. The zero-order valence-corrected chi connectivity index (χ0v) is 11.0. The second-order valence-electron chi connectivity index (χ2n) is 5.35. The Bertz CT molecular complexity index is 415. The number of hydrogen-bond acceptors (Lipinski definition) is 3. The first kappa shape index (κ1) is 13.9. The lowest BCUT2D eigenvalue weighted by molar-refractivity contribution is -0.128. The molecule has 2 fully saturated rings. The van der Waals surface area contributed by atoms with Crippen LogP contribution in [0.25, 0.3) is 0 Å². The fourth-order valence-electron chi connectivity index (χ4n) is 3.40. The number of hydrogen-bond donors (Lipinski definition) is 0. The third-order valence-corrected chi connectivity index (χ3v) is 5.72. The summed E-state index contributed by atoms with van der Waals surface area (Å²) in [4.78, 5) is 11.9. The van der Waals surface area contributed by atoms with Crippen molar-refractivity contribution in [3.63, 3.8) is 0 Å². The number of rotatable bonds is 2. The molecular weight excluding hydrogens is 252 g/mol. The van der Waals surface area contributed by atoms with Gasteiger partial charge in [0, 0.05) is 22.5 Å². The number of Topliss-reactive ketones (excluding diaryl/α,β-unsaturated/α-hetero) is 1. The highest BCUT2D eigenvalue weighted by atomic mass is 35.7. The van der Waals surface area contributed by atoms with Crippen LogP contribution in [0.1, 0.15) is 33.1 Å². The monoisotopic (exact) mass is 268 g/mol. The lowest BCUT2D eigenvalue weighted by atomic mass is 9.70. The standard InChI is InChI=1S/C10H15ClO3S.H2O/c1-9(2)7-3-4-10(9,8(12)5-7)6-15(11,13)14;/h7H,3-6H2,1-2H3;1H2/t7?,10-;/m0./s1. The minimum atomic E-state index is -3.60. The van der Waals surface area contributed by atoms with Crippen molar-refractivity contribution < 1.29 is 18.7 Å². The molecule has 2 aliphatic carbocycles. The quantitative estimate of drug-likeness (QED) is 0.704. The normalized spacial score (nSPS) is 36.2. The van der Waals surface area contributed by atoms with E-state index >= 15 is 0 Å². The summed E-state index contributed by atoms with van der Waals surface area (Å²) in [6.07, 6.45) is 2.15. The van der Waals surface area contributed by atoms with Gasteiger partial charge in [-0.25, -0.2) is 8.42 Å². The molecule has 2 bridgehead atoms. The highest BCUT2D eigenvalue weighted by Crippen LogP contribution is 2.64. The van der Waals surface area contributed by atoms with Crippen LogP contribution in [0.4, 0.5) is 0 Å². The van der Waals surface area contributed by atoms with Crippen LogP contribution in [0.3, 0.4) is 0 Å². The predicted molar refractivity (Wildman–Crippen MR) is 61.8 cm³/mol. The van der Waals surface area contributed by atoms with Crippen molar-refractivity contribution in [3.05, 3.63) is 0 Å². The minimum absolute atomic E-state index is 0. The summed E-state index contributed by atoms with van der Waals surface area (Å²) in [6.45, 7) is 4.00. The third kappa shape index (κ3) is 1.69. The van der Waals surface area contributed by atoms with Crippen LogP contribution in [-0.2, 0) is 13.8 Å². The Labute approximate surface area is 100 Å². The zero-order chi connectivity index (χ0) is 11.5. The van der Waals surface area contributed by atoms with Crippen LogP contribution in [0.15, 0.2) is 0 Å². The molecule has 4 nitrogen and oxygen atoms in total. The van der Waals surface area contributed by atoms with Crippen molar-refractivity contribution in [1.82, 2.24) is 0 Å². The van der Waals surface area contributed by atoms with E-state index < -0.39 is 14.5 Å². The second-order valence-corrected chi connectivity index (χ2v) is 8.13. The van der Waals surface area contributed by atoms with Crippen LogP contribution in [0.2, 0.25) is 0 Å². The number of ketones is 1. The number of fused-ring (bicyclic) bond motifs is 2. The third-order valence-electron chi connectivity index (χ3n) is 4.56. The second kappa shape index (κ2) is 3.68. The van der Waals surface area contributed by atoms with E-state index in [1.807, 2.05) is 13.8 Å². The molecule has 0 amide bonds. The van der Waals surface area contributed by atoms with Crippen LogP contribution >= 0.6 is 10.7 Å². The highest BCUT2D eigenvalue weighted by molar-refractivity contribution is 8.13. The summed E-state index contributed by atoms with van der Waals surface area (Å²) in [7, 11) is 1.71. The van der Waals surface area contributed by atoms with E-state index in [-0.39, 0.29) is 22.4 Å². The molecule has 2 N–H and O–H groups in total. The van der Waals surface area contributed by atoms with Gasteiger partial charge in [-0.15, -0.1) is 0 Å². The van der Waals surface area contributed by atoms with Gasteiger partial charge in [0.2, 0.25) is 9.05 Å². The van der Waals surface area contributed by atoms with Crippen LogP contribution < -0.4 is 0 Å². The van der Waals surface area contributed by atoms with E-state index in [4.69, 9.17) is 10.7 Å². The van der Waals surface area contributed by atoms with E-state index in [0.29, 0.717) is 18.8 Å². The maximum atomic E-state index is 11.9. The van der Waals surface area contributed by atoms with Crippen molar-refractivity contribution in [2.24, 2.45) is 16.7 Å². The minimum Gasteiger partial charge on any atom is -0.412 e. The van der Waals surface area contributed by atoms with Gasteiger partial charge in [-0.3, -0.25) is 4.79 Å². The number of carbonyl (C=O) groups excluding carboxylic acids is 1. The summed E-state index contributed by atoms with van der Waals surface area (Å²) < 4.78 is 22.4. The Kier molecular flexibility index (Phi) is 3.21. The van der Waals surface area contributed by atoms with Crippen LogP contribution in [-0.4, -0.2) is 25.4 Å². The molecule has 0 radical (unpaired) electrons. The Balaban J connectivity index is 0.00000128.